The molecule has 0 bridgehead atoms. The SMILES string of the molecule is C=C(/C=C\C)c1cc2ccc(N)c(N)c2cc1OC(C)C. The number of benzene rings is 2. The van der Waals surface area contributed by atoms with Crippen molar-refractivity contribution in [3.05, 3.63) is 48.6 Å². The van der Waals surface area contributed by atoms with Crippen LogP contribution >= 0.6 is 0 Å². The van der Waals surface area contributed by atoms with Crippen molar-refractivity contribution < 1.29 is 4.74 Å². The molecule has 21 heavy (non-hydrogen) atoms. The Hall–Kier alpha value is -2.42. The lowest BCUT2D eigenvalue weighted by atomic mass is 9.99. The highest BCUT2D eigenvalue weighted by Crippen LogP contribution is 2.36. The smallest absolute Gasteiger partial charge is 0.128 e. The van der Waals surface area contributed by atoms with Crippen LogP contribution in [0.25, 0.3) is 16.3 Å². The van der Waals surface area contributed by atoms with Crippen molar-refractivity contribution in [2.75, 3.05) is 11.5 Å². The molecule has 0 amide bonds. The number of fused-ring (bicyclic) bond motifs is 1. The molecule has 0 aliphatic carbocycles. The molecular weight excluding hydrogens is 260 g/mol. The van der Waals surface area contributed by atoms with Crippen molar-refractivity contribution in [3.8, 4) is 5.75 Å². The van der Waals surface area contributed by atoms with E-state index in [9.17, 15) is 0 Å². The molecule has 0 aromatic heterocycles. The number of rotatable bonds is 4. The van der Waals surface area contributed by atoms with Crippen molar-refractivity contribution in [1.29, 1.82) is 0 Å². The van der Waals surface area contributed by atoms with Gasteiger partial charge in [0.15, 0.2) is 0 Å². The Balaban J connectivity index is 2.71. The van der Waals surface area contributed by atoms with E-state index in [0.717, 1.165) is 27.7 Å². The average molecular weight is 282 g/mol. The van der Waals surface area contributed by atoms with Crippen LogP contribution in [0.2, 0.25) is 0 Å². The van der Waals surface area contributed by atoms with Crippen molar-refractivity contribution in [2.45, 2.75) is 26.9 Å². The molecule has 2 aromatic rings. The van der Waals surface area contributed by atoms with Gasteiger partial charge in [0.1, 0.15) is 5.75 Å². The first-order valence-electron chi connectivity index (χ1n) is 7.04. The van der Waals surface area contributed by atoms with Gasteiger partial charge < -0.3 is 16.2 Å². The molecule has 0 unspecified atom stereocenters. The average Bonchev–Trinajstić information content (AvgIpc) is 2.42. The van der Waals surface area contributed by atoms with Gasteiger partial charge in [0, 0.05) is 10.9 Å². The van der Waals surface area contributed by atoms with E-state index < -0.39 is 0 Å². The number of nitrogen functional groups attached to an aromatic ring is 2. The Kier molecular flexibility index (Phi) is 4.22. The lowest BCUT2D eigenvalue weighted by Gasteiger charge is -2.17. The van der Waals surface area contributed by atoms with Crippen LogP contribution in [0.4, 0.5) is 11.4 Å². The summed E-state index contributed by atoms with van der Waals surface area (Å²) < 4.78 is 5.92. The van der Waals surface area contributed by atoms with E-state index in [0.29, 0.717) is 11.4 Å². The number of ether oxygens (including phenoxy) is 1. The molecule has 2 rings (SSSR count). The number of hydrogen-bond donors (Lipinski definition) is 2. The molecule has 0 fully saturated rings. The molecule has 4 N–H and O–H groups in total. The lowest BCUT2D eigenvalue weighted by Crippen LogP contribution is -2.07. The predicted octanol–water partition coefficient (Wildman–Crippen LogP) is 4.38. The lowest BCUT2D eigenvalue weighted by molar-refractivity contribution is 0.242. The second kappa shape index (κ2) is 5.92. The molecule has 2 aromatic carbocycles. The summed E-state index contributed by atoms with van der Waals surface area (Å²) in [6, 6.07) is 7.78. The van der Waals surface area contributed by atoms with Crippen LogP contribution < -0.4 is 16.2 Å². The molecule has 0 atom stereocenters. The molecule has 110 valence electrons. The summed E-state index contributed by atoms with van der Waals surface area (Å²) in [6.07, 6.45) is 4.00. The summed E-state index contributed by atoms with van der Waals surface area (Å²) >= 11 is 0. The first-order valence-corrected chi connectivity index (χ1v) is 7.04. The quantitative estimate of drug-likeness (QED) is 0.646. The molecule has 0 aliphatic rings. The van der Waals surface area contributed by atoms with E-state index in [1.54, 1.807) is 0 Å². The summed E-state index contributed by atoms with van der Waals surface area (Å²) in [5.74, 6) is 0.776. The fourth-order valence-corrected chi connectivity index (χ4v) is 2.29. The van der Waals surface area contributed by atoms with Gasteiger partial charge in [0.25, 0.3) is 0 Å². The van der Waals surface area contributed by atoms with Crippen molar-refractivity contribution in [2.24, 2.45) is 0 Å². The van der Waals surface area contributed by atoms with E-state index in [2.05, 4.69) is 6.58 Å². The Morgan fingerprint density at radius 2 is 1.95 bits per heavy atom. The third-order valence-electron chi connectivity index (χ3n) is 3.27. The van der Waals surface area contributed by atoms with E-state index in [1.807, 2.05) is 57.2 Å². The van der Waals surface area contributed by atoms with Crippen molar-refractivity contribution >= 4 is 27.7 Å². The number of anilines is 2. The van der Waals surface area contributed by atoms with Crippen LogP contribution in [-0.2, 0) is 0 Å². The maximum Gasteiger partial charge on any atom is 0.128 e. The third-order valence-corrected chi connectivity index (χ3v) is 3.27. The fourth-order valence-electron chi connectivity index (χ4n) is 2.29. The number of allylic oxidation sites excluding steroid dienone is 3. The first kappa shape index (κ1) is 15.0. The number of hydrogen-bond acceptors (Lipinski definition) is 3. The third kappa shape index (κ3) is 3.02. The highest BCUT2D eigenvalue weighted by Gasteiger charge is 2.12. The predicted molar refractivity (Wildman–Crippen MR) is 92.4 cm³/mol. The highest BCUT2D eigenvalue weighted by molar-refractivity contribution is 6.01. The molecule has 0 saturated carbocycles. The Bertz CT molecular complexity index is 715. The summed E-state index contributed by atoms with van der Waals surface area (Å²) in [4.78, 5) is 0. The highest BCUT2D eigenvalue weighted by atomic mass is 16.5. The van der Waals surface area contributed by atoms with E-state index >= 15 is 0 Å². The van der Waals surface area contributed by atoms with Gasteiger partial charge in [-0.3, -0.25) is 0 Å². The molecule has 0 heterocycles. The molecule has 0 saturated heterocycles. The van der Waals surface area contributed by atoms with Crippen LogP contribution in [0.3, 0.4) is 0 Å². The number of nitrogens with two attached hydrogens (primary N) is 2. The van der Waals surface area contributed by atoms with Crippen LogP contribution in [0.1, 0.15) is 26.3 Å². The van der Waals surface area contributed by atoms with Crippen molar-refractivity contribution in [1.82, 2.24) is 0 Å². The van der Waals surface area contributed by atoms with E-state index in [1.165, 1.54) is 0 Å². The topological polar surface area (TPSA) is 61.3 Å². The van der Waals surface area contributed by atoms with Crippen LogP contribution in [0.15, 0.2) is 43.0 Å². The Labute approximate surface area is 125 Å². The van der Waals surface area contributed by atoms with Gasteiger partial charge in [0.2, 0.25) is 0 Å². The minimum atomic E-state index is 0.0712. The summed E-state index contributed by atoms with van der Waals surface area (Å²) in [7, 11) is 0. The standard InChI is InChI=1S/C18H22N2O/c1-5-6-12(4)14-9-13-7-8-16(19)18(20)15(13)10-17(14)21-11(2)3/h5-11H,4,19-20H2,1-3H3/b6-5-. The monoisotopic (exact) mass is 282 g/mol. The molecule has 0 spiro atoms. The Morgan fingerprint density at radius 3 is 2.57 bits per heavy atom. The van der Waals surface area contributed by atoms with Gasteiger partial charge in [-0.2, -0.15) is 0 Å². The maximum absolute atomic E-state index is 6.09. The molecule has 3 heteroatoms. The second-order valence-corrected chi connectivity index (χ2v) is 5.33. The van der Waals surface area contributed by atoms with Gasteiger partial charge in [-0.05, 0) is 49.9 Å². The van der Waals surface area contributed by atoms with Crippen LogP contribution in [0.5, 0.6) is 5.75 Å². The van der Waals surface area contributed by atoms with Crippen LogP contribution in [0, 0.1) is 0 Å². The zero-order chi connectivity index (χ0) is 15.6. The van der Waals surface area contributed by atoms with Gasteiger partial charge >= 0.3 is 0 Å². The van der Waals surface area contributed by atoms with Gasteiger partial charge in [-0.25, -0.2) is 0 Å². The Morgan fingerprint density at radius 1 is 1.24 bits per heavy atom. The molecular formula is C18H22N2O. The normalized spacial score (nSPS) is 11.4. The summed E-state index contributed by atoms with van der Waals surface area (Å²) in [5, 5.41) is 1.93. The summed E-state index contributed by atoms with van der Waals surface area (Å²) in [6.45, 7) is 10.1. The van der Waals surface area contributed by atoms with Crippen LogP contribution in [-0.4, -0.2) is 6.10 Å². The van der Waals surface area contributed by atoms with E-state index in [-0.39, 0.29) is 6.10 Å². The first-order chi connectivity index (χ1) is 9.93. The summed E-state index contributed by atoms with van der Waals surface area (Å²) in [5.41, 5.74) is 15.0. The molecule has 0 radical (unpaired) electrons. The van der Waals surface area contributed by atoms with Crippen molar-refractivity contribution in [3.63, 3.8) is 0 Å². The van der Waals surface area contributed by atoms with Gasteiger partial charge in [0.05, 0.1) is 17.5 Å². The molecule has 3 nitrogen and oxygen atoms in total. The van der Waals surface area contributed by atoms with Gasteiger partial charge in [-0.1, -0.05) is 24.8 Å². The fraction of sp³-hybridized carbons (Fsp3) is 0.222. The maximum atomic E-state index is 6.09. The largest absolute Gasteiger partial charge is 0.490 e. The minimum absolute atomic E-state index is 0.0712. The second-order valence-electron chi connectivity index (χ2n) is 5.33. The zero-order valence-electron chi connectivity index (χ0n) is 12.8. The van der Waals surface area contributed by atoms with Gasteiger partial charge in [-0.15, -0.1) is 0 Å². The zero-order valence-corrected chi connectivity index (χ0v) is 12.8. The van der Waals surface area contributed by atoms with E-state index in [4.69, 9.17) is 16.2 Å². The molecule has 0 aliphatic heterocycles. The minimum Gasteiger partial charge on any atom is -0.490 e.